The number of guanidine groups is 1. The summed E-state index contributed by atoms with van der Waals surface area (Å²) in [4.78, 5) is 6.70. The van der Waals surface area contributed by atoms with Crippen LogP contribution in [0.2, 0.25) is 0 Å². The molecule has 0 aromatic heterocycles. The Morgan fingerprint density at radius 1 is 1.42 bits per heavy atom. The van der Waals surface area contributed by atoms with Gasteiger partial charge in [-0.05, 0) is 43.4 Å². The molecule has 2 rings (SSSR count). The molecule has 1 aromatic carbocycles. The molecule has 0 amide bonds. The normalized spacial score (nSPS) is 14.5. The standard InChI is InChI=1S/C18H29N3O3/c1-4-19-18(21(2)9-10-24-13-14-5-6-14)20-12-15-7-8-17(23-3)16(22)11-15/h7-8,11,14,22H,4-6,9-10,12-13H2,1-3H3,(H,19,20). The van der Waals surface area contributed by atoms with Gasteiger partial charge >= 0.3 is 0 Å². The van der Waals surface area contributed by atoms with Crippen LogP contribution in [0.1, 0.15) is 25.3 Å². The number of aromatic hydroxyl groups is 1. The molecule has 0 saturated heterocycles. The number of nitrogens with zero attached hydrogens (tertiary/aromatic N) is 2. The van der Waals surface area contributed by atoms with Crippen molar-refractivity contribution < 1.29 is 14.6 Å². The summed E-state index contributed by atoms with van der Waals surface area (Å²) in [6.07, 6.45) is 2.63. The van der Waals surface area contributed by atoms with E-state index in [9.17, 15) is 5.11 Å². The van der Waals surface area contributed by atoms with Gasteiger partial charge in [0.2, 0.25) is 0 Å². The maximum Gasteiger partial charge on any atom is 0.194 e. The third-order valence-corrected chi connectivity index (χ3v) is 3.97. The van der Waals surface area contributed by atoms with Crippen molar-refractivity contribution >= 4 is 5.96 Å². The maximum absolute atomic E-state index is 9.85. The lowest BCUT2D eigenvalue weighted by atomic mass is 10.2. The van der Waals surface area contributed by atoms with Crippen molar-refractivity contribution in [3.63, 3.8) is 0 Å². The molecule has 1 saturated carbocycles. The summed E-state index contributed by atoms with van der Waals surface area (Å²) in [5, 5.41) is 13.1. The molecular weight excluding hydrogens is 306 g/mol. The first-order valence-corrected chi connectivity index (χ1v) is 8.57. The molecule has 0 unspecified atom stereocenters. The van der Waals surface area contributed by atoms with Crippen LogP contribution in [-0.2, 0) is 11.3 Å². The minimum absolute atomic E-state index is 0.136. The predicted octanol–water partition coefficient (Wildman–Crippen LogP) is 2.22. The molecule has 1 aromatic rings. The zero-order valence-electron chi connectivity index (χ0n) is 14.9. The number of likely N-dealkylation sites (N-methyl/N-ethyl adjacent to an activating group) is 1. The van der Waals surface area contributed by atoms with Gasteiger partial charge in [0.1, 0.15) is 0 Å². The van der Waals surface area contributed by atoms with E-state index in [2.05, 4.69) is 15.2 Å². The second-order valence-electron chi connectivity index (χ2n) is 6.12. The summed E-state index contributed by atoms with van der Waals surface area (Å²) >= 11 is 0. The molecule has 1 fully saturated rings. The third kappa shape index (κ3) is 5.92. The first kappa shape index (κ1) is 18.4. The zero-order chi connectivity index (χ0) is 17.4. The number of aliphatic imine (C=N–C) groups is 1. The van der Waals surface area contributed by atoms with E-state index in [1.54, 1.807) is 12.1 Å². The zero-order valence-corrected chi connectivity index (χ0v) is 14.9. The topological polar surface area (TPSA) is 66.3 Å². The molecule has 0 spiro atoms. The Kier molecular flexibility index (Phi) is 7.18. The fraction of sp³-hybridized carbons (Fsp3) is 0.611. The van der Waals surface area contributed by atoms with Crippen molar-refractivity contribution in [3.8, 4) is 11.5 Å². The van der Waals surface area contributed by atoms with E-state index in [4.69, 9.17) is 9.47 Å². The Morgan fingerprint density at radius 3 is 2.83 bits per heavy atom. The first-order chi connectivity index (χ1) is 11.6. The summed E-state index contributed by atoms with van der Waals surface area (Å²) in [6, 6.07) is 5.34. The summed E-state index contributed by atoms with van der Waals surface area (Å²) in [5.74, 6) is 2.24. The Bertz CT molecular complexity index is 544. The monoisotopic (exact) mass is 335 g/mol. The Morgan fingerprint density at radius 2 is 2.21 bits per heavy atom. The minimum Gasteiger partial charge on any atom is -0.504 e. The van der Waals surface area contributed by atoms with Crippen LogP contribution in [0, 0.1) is 5.92 Å². The van der Waals surface area contributed by atoms with E-state index < -0.39 is 0 Å². The number of nitrogens with one attached hydrogen (secondary N) is 1. The molecule has 1 aliphatic rings. The van der Waals surface area contributed by atoms with Crippen LogP contribution in [0.5, 0.6) is 11.5 Å². The highest BCUT2D eigenvalue weighted by molar-refractivity contribution is 5.79. The van der Waals surface area contributed by atoms with Crippen LogP contribution < -0.4 is 10.1 Å². The lowest BCUT2D eigenvalue weighted by Gasteiger charge is -2.22. The molecule has 6 heteroatoms. The number of benzene rings is 1. The van der Waals surface area contributed by atoms with Crippen molar-refractivity contribution in [1.82, 2.24) is 10.2 Å². The average molecular weight is 335 g/mol. The van der Waals surface area contributed by atoms with Crippen molar-refractivity contribution in [2.45, 2.75) is 26.3 Å². The van der Waals surface area contributed by atoms with Gasteiger partial charge in [0.15, 0.2) is 17.5 Å². The largest absolute Gasteiger partial charge is 0.504 e. The molecule has 134 valence electrons. The van der Waals surface area contributed by atoms with Gasteiger partial charge in [-0.15, -0.1) is 0 Å². The van der Waals surface area contributed by atoms with Crippen molar-refractivity contribution in [2.75, 3.05) is 40.5 Å². The minimum atomic E-state index is 0.136. The van der Waals surface area contributed by atoms with Gasteiger partial charge in [0, 0.05) is 26.7 Å². The molecule has 24 heavy (non-hydrogen) atoms. The smallest absolute Gasteiger partial charge is 0.194 e. The molecule has 0 aliphatic heterocycles. The van der Waals surface area contributed by atoms with Gasteiger partial charge < -0.3 is 24.8 Å². The number of hydrogen-bond acceptors (Lipinski definition) is 4. The number of ether oxygens (including phenoxy) is 2. The lowest BCUT2D eigenvalue weighted by Crippen LogP contribution is -2.40. The summed E-state index contributed by atoms with van der Waals surface area (Å²) < 4.78 is 10.7. The summed E-state index contributed by atoms with van der Waals surface area (Å²) in [5.41, 5.74) is 0.932. The van der Waals surface area contributed by atoms with Crippen LogP contribution >= 0.6 is 0 Å². The van der Waals surface area contributed by atoms with Crippen molar-refractivity contribution in [3.05, 3.63) is 23.8 Å². The summed E-state index contributed by atoms with van der Waals surface area (Å²) in [7, 11) is 3.55. The average Bonchev–Trinajstić information content (AvgIpc) is 3.39. The molecule has 0 atom stereocenters. The second kappa shape index (κ2) is 9.37. The second-order valence-corrected chi connectivity index (χ2v) is 6.12. The Hall–Kier alpha value is -1.95. The van der Waals surface area contributed by atoms with Gasteiger partial charge in [-0.1, -0.05) is 6.07 Å². The van der Waals surface area contributed by atoms with Crippen LogP contribution in [0.4, 0.5) is 0 Å². The highest BCUT2D eigenvalue weighted by Crippen LogP contribution is 2.28. The lowest BCUT2D eigenvalue weighted by molar-refractivity contribution is 0.115. The van der Waals surface area contributed by atoms with Gasteiger partial charge in [-0.2, -0.15) is 0 Å². The van der Waals surface area contributed by atoms with Gasteiger partial charge in [0.25, 0.3) is 0 Å². The fourth-order valence-corrected chi connectivity index (χ4v) is 2.31. The van der Waals surface area contributed by atoms with E-state index in [0.717, 1.165) is 37.1 Å². The first-order valence-electron chi connectivity index (χ1n) is 8.57. The highest BCUT2D eigenvalue weighted by atomic mass is 16.5. The number of methoxy groups -OCH3 is 1. The predicted molar refractivity (Wildman–Crippen MR) is 95.6 cm³/mol. The Labute approximate surface area is 144 Å². The van der Waals surface area contributed by atoms with Gasteiger partial charge in [0.05, 0.1) is 20.3 Å². The highest BCUT2D eigenvalue weighted by Gasteiger charge is 2.21. The van der Waals surface area contributed by atoms with E-state index >= 15 is 0 Å². The maximum atomic E-state index is 9.85. The quantitative estimate of drug-likeness (QED) is 0.411. The molecule has 0 radical (unpaired) electrons. The van der Waals surface area contributed by atoms with Crippen LogP contribution in [0.3, 0.4) is 0 Å². The molecule has 0 heterocycles. The van der Waals surface area contributed by atoms with Crippen LogP contribution in [-0.4, -0.2) is 56.4 Å². The number of phenolic OH excluding ortho intramolecular Hbond substituents is 1. The fourth-order valence-electron chi connectivity index (χ4n) is 2.31. The third-order valence-electron chi connectivity index (χ3n) is 3.97. The molecule has 0 bridgehead atoms. The SMILES string of the molecule is CCNC(=NCc1ccc(OC)c(O)c1)N(C)CCOCC1CC1. The van der Waals surface area contributed by atoms with E-state index in [1.165, 1.54) is 20.0 Å². The number of hydrogen-bond donors (Lipinski definition) is 2. The van der Waals surface area contributed by atoms with Crippen LogP contribution in [0.15, 0.2) is 23.2 Å². The van der Waals surface area contributed by atoms with Gasteiger partial charge in [-0.3, -0.25) is 0 Å². The molecule has 6 nitrogen and oxygen atoms in total. The summed E-state index contributed by atoms with van der Waals surface area (Å²) in [6.45, 7) is 5.74. The number of rotatable bonds is 9. The van der Waals surface area contributed by atoms with Crippen molar-refractivity contribution in [2.24, 2.45) is 10.9 Å². The van der Waals surface area contributed by atoms with Crippen molar-refractivity contribution in [1.29, 1.82) is 0 Å². The van der Waals surface area contributed by atoms with Gasteiger partial charge in [-0.25, -0.2) is 4.99 Å². The molecular formula is C18H29N3O3. The van der Waals surface area contributed by atoms with E-state index in [0.29, 0.717) is 18.9 Å². The van der Waals surface area contributed by atoms with E-state index in [-0.39, 0.29) is 5.75 Å². The number of phenols is 1. The Balaban J connectivity index is 1.86. The molecule has 2 N–H and O–H groups in total. The molecule has 1 aliphatic carbocycles. The van der Waals surface area contributed by atoms with E-state index in [1.807, 2.05) is 20.0 Å². The van der Waals surface area contributed by atoms with Crippen LogP contribution in [0.25, 0.3) is 0 Å².